The maximum absolute atomic E-state index is 13.6. The molecule has 2 aliphatic rings. The molecule has 38 heavy (non-hydrogen) atoms. The van der Waals surface area contributed by atoms with Crippen molar-refractivity contribution in [3.05, 3.63) is 87.5 Å². The van der Waals surface area contributed by atoms with Crippen molar-refractivity contribution in [1.82, 2.24) is 9.88 Å². The number of hydrogen-bond donors (Lipinski definition) is 2. The van der Waals surface area contributed by atoms with Crippen LogP contribution in [0.4, 0.5) is 5.69 Å². The third kappa shape index (κ3) is 3.28. The number of nitrogens with zero attached hydrogens (tertiary/aromatic N) is 3. The maximum Gasteiger partial charge on any atom is 0.269 e. The van der Waals surface area contributed by atoms with Crippen LogP contribution in [0, 0.1) is 16.0 Å². The highest BCUT2D eigenvalue weighted by molar-refractivity contribution is 5.82. The molecule has 1 saturated carbocycles. The van der Waals surface area contributed by atoms with Gasteiger partial charge < -0.3 is 29.3 Å². The van der Waals surface area contributed by atoms with E-state index < -0.39 is 40.0 Å². The molecule has 0 bridgehead atoms. The van der Waals surface area contributed by atoms with Crippen LogP contribution in [0.5, 0.6) is 17.5 Å². The van der Waals surface area contributed by atoms with Gasteiger partial charge in [0.2, 0.25) is 17.7 Å². The molecule has 0 saturated heterocycles. The molecule has 5 rings (SSSR count). The Balaban J connectivity index is 1.89. The van der Waals surface area contributed by atoms with Gasteiger partial charge in [-0.25, -0.2) is 0 Å². The van der Waals surface area contributed by atoms with E-state index in [-0.39, 0.29) is 28.8 Å². The molecule has 0 radical (unpaired) electrons. The minimum Gasteiger partial charge on any atom is -0.481 e. The lowest BCUT2D eigenvalue weighted by Crippen LogP contribution is -2.52. The topological polar surface area (TPSA) is 144 Å². The summed E-state index contributed by atoms with van der Waals surface area (Å²) in [6.45, 7) is 0. The number of pyridine rings is 1. The lowest BCUT2D eigenvalue weighted by molar-refractivity contribution is -0.384. The number of ether oxygens (including phenoxy) is 3. The van der Waals surface area contributed by atoms with Crippen molar-refractivity contribution < 1.29 is 34.1 Å². The number of non-ortho nitro benzene ring substituents is 1. The number of hydrogen-bond acceptors (Lipinski definition) is 9. The number of amides is 1. The second-order valence-electron chi connectivity index (χ2n) is 9.55. The average molecular weight is 522 g/mol. The van der Waals surface area contributed by atoms with Crippen molar-refractivity contribution in [3.63, 3.8) is 0 Å². The second kappa shape index (κ2) is 8.96. The molecule has 2 aromatic carbocycles. The molecule has 11 nitrogen and oxygen atoms in total. The van der Waals surface area contributed by atoms with Gasteiger partial charge in [0.25, 0.3) is 5.69 Å². The van der Waals surface area contributed by atoms with Gasteiger partial charge in [0.1, 0.15) is 11.9 Å². The van der Waals surface area contributed by atoms with Gasteiger partial charge in [0.15, 0.2) is 11.2 Å². The fourth-order valence-corrected chi connectivity index (χ4v) is 5.93. The highest BCUT2D eigenvalue weighted by Gasteiger charge is 2.78. The molecule has 1 aliphatic carbocycles. The first-order chi connectivity index (χ1) is 18.1. The number of methoxy groups -OCH3 is 2. The zero-order chi connectivity index (χ0) is 27.4. The minimum absolute atomic E-state index is 0.0468. The van der Waals surface area contributed by atoms with Crippen molar-refractivity contribution >= 4 is 11.6 Å². The van der Waals surface area contributed by atoms with E-state index in [0.29, 0.717) is 11.1 Å². The van der Waals surface area contributed by atoms with Gasteiger partial charge >= 0.3 is 0 Å². The highest BCUT2D eigenvalue weighted by atomic mass is 16.6. The van der Waals surface area contributed by atoms with Crippen molar-refractivity contribution in [1.29, 1.82) is 0 Å². The largest absolute Gasteiger partial charge is 0.481 e. The van der Waals surface area contributed by atoms with Gasteiger partial charge in [-0.3, -0.25) is 14.9 Å². The van der Waals surface area contributed by atoms with E-state index >= 15 is 0 Å². The number of carbonyl (C=O) groups excluding carboxylic acids is 1. The van der Waals surface area contributed by atoms with E-state index in [1.807, 2.05) is 6.07 Å². The molecule has 3 aromatic rings. The maximum atomic E-state index is 13.6. The average Bonchev–Trinajstić information content (AvgIpc) is 3.30. The van der Waals surface area contributed by atoms with Crippen LogP contribution >= 0.6 is 0 Å². The Morgan fingerprint density at radius 2 is 1.76 bits per heavy atom. The van der Waals surface area contributed by atoms with Crippen molar-refractivity contribution in [2.75, 3.05) is 28.3 Å². The molecule has 1 fully saturated rings. The van der Waals surface area contributed by atoms with Crippen LogP contribution in [0.3, 0.4) is 0 Å². The van der Waals surface area contributed by atoms with Gasteiger partial charge in [0.05, 0.1) is 30.6 Å². The number of benzene rings is 2. The summed E-state index contributed by atoms with van der Waals surface area (Å²) < 4.78 is 17.4. The molecular formula is C27H27N3O8. The Labute approximate surface area is 218 Å². The molecule has 198 valence electrons. The number of carbonyl (C=O) groups is 1. The highest BCUT2D eigenvalue weighted by Crippen LogP contribution is 2.70. The summed E-state index contributed by atoms with van der Waals surface area (Å²) in [7, 11) is 5.90. The van der Waals surface area contributed by atoms with Gasteiger partial charge in [-0.1, -0.05) is 30.3 Å². The molecular weight excluding hydrogens is 494 g/mol. The second-order valence-corrected chi connectivity index (χ2v) is 9.55. The van der Waals surface area contributed by atoms with Gasteiger partial charge in [-0.15, -0.1) is 0 Å². The quantitative estimate of drug-likeness (QED) is 0.369. The summed E-state index contributed by atoms with van der Waals surface area (Å²) in [5, 5.41) is 36.0. The van der Waals surface area contributed by atoms with Crippen molar-refractivity contribution in [2.45, 2.75) is 23.2 Å². The predicted octanol–water partition coefficient (Wildman–Crippen LogP) is 2.35. The van der Waals surface area contributed by atoms with Crippen LogP contribution in [0.25, 0.3) is 0 Å². The number of nitro benzene ring substituents is 1. The van der Waals surface area contributed by atoms with E-state index in [9.17, 15) is 25.1 Å². The molecule has 0 unspecified atom stereocenters. The molecule has 1 aromatic heterocycles. The Hall–Kier alpha value is -4.22. The monoisotopic (exact) mass is 521 g/mol. The summed E-state index contributed by atoms with van der Waals surface area (Å²) in [5.74, 6) is -2.27. The van der Waals surface area contributed by atoms with Gasteiger partial charge in [0, 0.05) is 38.2 Å². The van der Waals surface area contributed by atoms with Crippen LogP contribution in [0.1, 0.15) is 22.6 Å². The first-order valence-electron chi connectivity index (χ1n) is 11.9. The summed E-state index contributed by atoms with van der Waals surface area (Å²) >= 11 is 0. The van der Waals surface area contributed by atoms with E-state index in [1.165, 1.54) is 49.5 Å². The van der Waals surface area contributed by atoms with E-state index in [4.69, 9.17) is 14.2 Å². The molecule has 2 N–H and O–H groups in total. The third-order valence-electron chi connectivity index (χ3n) is 7.50. The summed E-state index contributed by atoms with van der Waals surface area (Å²) in [6.07, 6.45) is -1.68. The van der Waals surface area contributed by atoms with Crippen molar-refractivity contribution in [2.24, 2.45) is 5.92 Å². The number of nitro groups is 1. The predicted molar refractivity (Wildman–Crippen MR) is 134 cm³/mol. The molecule has 1 amide bonds. The number of fused-ring (bicyclic) bond motifs is 3. The normalized spacial score (nSPS) is 27.2. The molecule has 1 aliphatic heterocycles. The van der Waals surface area contributed by atoms with Gasteiger partial charge in [-0.05, 0) is 23.3 Å². The SMILES string of the molecule is COc1cc2c(c(OC)n1)[C@]1(O)[C@H](O)[C@H](C(=O)N(C)C)[C@@H](c3ccccc3)[C@]1(c1ccc([N+](=O)[O-])cc1)O2. The minimum atomic E-state index is -2.25. The van der Waals surface area contributed by atoms with Crippen LogP contribution < -0.4 is 14.2 Å². The Bertz CT molecular complexity index is 1400. The first-order valence-corrected chi connectivity index (χ1v) is 11.9. The van der Waals surface area contributed by atoms with E-state index in [0.717, 1.165) is 0 Å². The lowest BCUT2D eigenvalue weighted by atomic mass is 9.70. The zero-order valence-corrected chi connectivity index (χ0v) is 21.2. The van der Waals surface area contributed by atoms with Crippen LogP contribution in [0.15, 0.2) is 60.7 Å². The smallest absolute Gasteiger partial charge is 0.269 e. The van der Waals surface area contributed by atoms with Gasteiger partial charge in [-0.2, -0.15) is 4.98 Å². The Morgan fingerprint density at radius 1 is 1.11 bits per heavy atom. The Kier molecular flexibility index (Phi) is 6.00. The number of rotatable bonds is 6. The number of aromatic nitrogens is 1. The number of aliphatic hydroxyl groups excluding tert-OH is 1. The zero-order valence-electron chi connectivity index (χ0n) is 21.2. The standard InChI is InChI=1S/C27H27N3O8/c1-29(2)25(32)20-21(15-8-6-5-7-9-15)27(16-10-12-17(13-11-16)30(34)35)26(33,23(20)31)22-18(38-27)14-19(36-3)28-24(22)37-4/h5-14,20-21,23,31,33H,1-4H3/t20-,21-,23-,26+,27+/m1/s1. The Morgan fingerprint density at radius 3 is 2.32 bits per heavy atom. The fourth-order valence-electron chi connectivity index (χ4n) is 5.93. The van der Waals surface area contributed by atoms with Crippen LogP contribution in [-0.2, 0) is 16.0 Å². The first kappa shape index (κ1) is 25.4. The lowest BCUT2D eigenvalue weighted by Gasteiger charge is -2.40. The van der Waals surface area contributed by atoms with Crippen molar-refractivity contribution in [3.8, 4) is 17.5 Å². The summed E-state index contributed by atoms with van der Waals surface area (Å²) in [4.78, 5) is 30.2. The third-order valence-corrected chi connectivity index (χ3v) is 7.50. The van der Waals surface area contributed by atoms with Crippen LogP contribution in [-0.4, -0.2) is 65.3 Å². The van der Waals surface area contributed by atoms with E-state index in [1.54, 1.807) is 38.4 Å². The fraction of sp³-hybridized carbons (Fsp3) is 0.333. The van der Waals surface area contributed by atoms with E-state index in [2.05, 4.69) is 4.98 Å². The summed E-state index contributed by atoms with van der Waals surface area (Å²) in [6, 6.07) is 16.0. The molecule has 5 atom stereocenters. The number of aliphatic hydroxyl groups is 2. The molecule has 0 spiro atoms. The molecule has 11 heteroatoms. The summed E-state index contributed by atoms with van der Waals surface area (Å²) in [5.41, 5.74) is -3.22. The molecule has 2 heterocycles. The van der Waals surface area contributed by atoms with Crippen LogP contribution in [0.2, 0.25) is 0 Å².